The molecule has 0 radical (unpaired) electrons. The van der Waals surface area contributed by atoms with E-state index in [1.165, 1.54) is 5.56 Å². The molecular weight excluding hydrogens is 248 g/mol. The molecular formula is C13H14N2O2S. The molecule has 1 aromatic heterocycles. The molecule has 94 valence electrons. The van der Waals surface area contributed by atoms with Crippen molar-refractivity contribution in [1.29, 1.82) is 0 Å². The van der Waals surface area contributed by atoms with Crippen LogP contribution < -0.4 is 5.56 Å². The first-order valence-electron chi connectivity index (χ1n) is 5.55. The summed E-state index contributed by atoms with van der Waals surface area (Å²) in [5.41, 5.74) is 1.14. The van der Waals surface area contributed by atoms with Crippen LogP contribution in [0.25, 0.3) is 0 Å². The Kier molecular flexibility index (Phi) is 3.72. The van der Waals surface area contributed by atoms with Crippen LogP contribution >= 0.6 is 11.8 Å². The summed E-state index contributed by atoms with van der Waals surface area (Å²) >= 11 is 1.58. The maximum atomic E-state index is 11.5. The van der Waals surface area contributed by atoms with Crippen molar-refractivity contribution in [3.8, 4) is 5.88 Å². The van der Waals surface area contributed by atoms with E-state index in [1.807, 2.05) is 31.2 Å². The van der Waals surface area contributed by atoms with Crippen LogP contribution in [0.1, 0.15) is 17.0 Å². The molecule has 0 aliphatic heterocycles. The van der Waals surface area contributed by atoms with E-state index < -0.39 is 0 Å². The molecule has 0 aliphatic carbocycles. The molecule has 0 saturated heterocycles. The number of benzene rings is 1. The molecule has 18 heavy (non-hydrogen) atoms. The van der Waals surface area contributed by atoms with Crippen LogP contribution in [0.3, 0.4) is 0 Å². The van der Waals surface area contributed by atoms with Gasteiger partial charge >= 0.3 is 0 Å². The maximum absolute atomic E-state index is 11.5. The van der Waals surface area contributed by atoms with Crippen LogP contribution in [0.5, 0.6) is 5.88 Å². The second-order valence-corrected chi connectivity index (χ2v) is 5.03. The quantitative estimate of drug-likeness (QED) is 0.833. The monoisotopic (exact) mass is 262 g/mol. The van der Waals surface area contributed by atoms with Gasteiger partial charge in [-0.2, -0.15) is 4.98 Å². The highest BCUT2D eigenvalue weighted by molar-refractivity contribution is 7.98. The largest absolute Gasteiger partial charge is 0.493 e. The zero-order valence-corrected chi connectivity index (χ0v) is 11.0. The maximum Gasteiger partial charge on any atom is 0.257 e. The molecule has 5 heteroatoms. The minimum absolute atomic E-state index is 0.195. The third-order valence-electron chi connectivity index (χ3n) is 2.63. The molecule has 2 aromatic rings. The first-order chi connectivity index (χ1) is 8.58. The topological polar surface area (TPSA) is 66.0 Å². The zero-order chi connectivity index (χ0) is 13.1. The second kappa shape index (κ2) is 5.27. The minimum atomic E-state index is -0.289. The van der Waals surface area contributed by atoms with E-state index in [0.29, 0.717) is 11.6 Å². The van der Waals surface area contributed by atoms with Crippen molar-refractivity contribution < 1.29 is 5.11 Å². The summed E-state index contributed by atoms with van der Waals surface area (Å²) in [6.07, 6.45) is 0. The molecule has 0 unspecified atom stereocenters. The van der Waals surface area contributed by atoms with Gasteiger partial charge in [0.05, 0.1) is 11.3 Å². The number of H-pyrrole nitrogens is 1. The lowest BCUT2D eigenvalue weighted by atomic mass is 10.2. The molecule has 0 aliphatic rings. The van der Waals surface area contributed by atoms with Gasteiger partial charge in [0.25, 0.3) is 5.56 Å². The number of nitrogens with one attached hydrogen (secondary N) is 1. The summed E-state index contributed by atoms with van der Waals surface area (Å²) < 4.78 is 0. The number of aromatic nitrogens is 2. The van der Waals surface area contributed by atoms with E-state index >= 15 is 0 Å². The lowest BCUT2D eigenvalue weighted by Gasteiger charge is -2.05. The minimum Gasteiger partial charge on any atom is -0.493 e. The first kappa shape index (κ1) is 12.7. The Morgan fingerprint density at radius 1 is 1.33 bits per heavy atom. The van der Waals surface area contributed by atoms with Gasteiger partial charge in [0.15, 0.2) is 0 Å². The third kappa shape index (κ3) is 2.73. The number of aromatic amines is 1. The van der Waals surface area contributed by atoms with Crippen molar-refractivity contribution in [3.63, 3.8) is 0 Å². The van der Waals surface area contributed by atoms with Crippen molar-refractivity contribution in [2.45, 2.75) is 24.5 Å². The fourth-order valence-corrected chi connectivity index (χ4v) is 2.40. The van der Waals surface area contributed by atoms with Crippen molar-refractivity contribution >= 4 is 11.8 Å². The van der Waals surface area contributed by atoms with Gasteiger partial charge < -0.3 is 10.1 Å². The number of thioether (sulfide) groups is 1. The molecule has 0 bridgehead atoms. The Hall–Kier alpha value is -1.75. The van der Waals surface area contributed by atoms with E-state index in [-0.39, 0.29) is 17.0 Å². The second-order valence-electron chi connectivity index (χ2n) is 4.02. The van der Waals surface area contributed by atoms with Crippen molar-refractivity contribution in [3.05, 3.63) is 51.6 Å². The smallest absolute Gasteiger partial charge is 0.257 e. The van der Waals surface area contributed by atoms with Crippen LogP contribution in [0.15, 0.2) is 34.0 Å². The van der Waals surface area contributed by atoms with Gasteiger partial charge in [-0.15, -0.1) is 11.8 Å². The number of nitrogens with zero attached hydrogens (tertiary/aromatic N) is 1. The molecule has 1 aromatic carbocycles. The van der Waals surface area contributed by atoms with E-state index in [2.05, 4.69) is 9.97 Å². The molecule has 2 N–H and O–H groups in total. The average molecular weight is 262 g/mol. The Bertz CT molecular complexity index is 623. The van der Waals surface area contributed by atoms with E-state index in [1.54, 1.807) is 18.7 Å². The average Bonchev–Trinajstić information content (AvgIpc) is 2.35. The van der Waals surface area contributed by atoms with Gasteiger partial charge in [-0.1, -0.05) is 18.2 Å². The number of hydrogen-bond acceptors (Lipinski definition) is 4. The highest BCUT2D eigenvalue weighted by Gasteiger charge is 2.07. The van der Waals surface area contributed by atoms with Gasteiger partial charge in [0.2, 0.25) is 5.88 Å². The summed E-state index contributed by atoms with van der Waals surface area (Å²) in [7, 11) is 0. The Morgan fingerprint density at radius 3 is 2.72 bits per heavy atom. The fourth-order valence-electron chi connectivity index (χ4n) is 1.50. The molecule has 0 amide bonds. The van der Waals surface area contributed by atoms with Crippen molar-refractivity contribution in [1.82, 2.24) is 9.97 Å². The van der Waals surface area contributed by atoms with Crippen LogP contribution in [-0.2, 0) is 5.75 Å². The SMILES string of the molecule is Cc1ccccc1SCc1nc(O)c(C)c(=O)[nH]1. The van der Waals surface area contributed by atoms with Crippen LogP contribution in [0.4, 0.5) is 0 Å². The van der Waals surface area contributed by atoms with Gasteiger partial charge in [-0.3, -0.25) is 4.79 Å². The van der Waals surface area contributed by atoms with Gasteiger partial charge in [0, 0.05) is 4.90 Å². The fraction of sp³-hybridized carbons (Fsp3) is 0.231. The molecule has 0 fully saturated rings. The summed E-state index contributed by atoms with van der Waals surface area (Å²) in [6, 6.07) is 8.01. The molecule has 0 spiro atoms. The lowest BCUT2D eigenvalue weighted by Crippen LogP contribution is -2.13. The third-order valence-corrected chi connectivity index (χ3v) is 3.82. The highest BCUT2D eigenvalue weighted by atomic mass is 32.2. The van der Waals surface area contributed by atoms with Crippen LogP contribution in [0, 0.1) is 13.8 Å². The van der Waals surface area contributed by atoms with Crippen LogP contribution in [-0.4, -0.2) is 15.1 Å². The number of aromatic hydroxyl groups is 1. The van der Waals surface area contributed by atoms with Crippen LogP contribution in [0.2, 0.25) is 0 Å². The lowest BCUT2D eigenvalue weighted by molar-refractivity contribution is 0.444. The number of hydrogen-bond donors (Lipinski definition) is 2. The predicted molar refractivity (Wildman–Crippen MR) is 72.0 cm³/mol. The summed E-state index contributed by atoms with van der Waals surface area (Å²) in [5.74, 6) is 0.809. The molecule has 4 nitrogen and oxygen atoms in total. The highest BCUT2D eigenvalue weighted by Crippen LogP contribution is 2.24. The van der Waals surface area contributed by atoms with E-state index in [9.17, 15) is 9.90 Å². The van der Waals surface area contributed by atoms with Gasteiger partial charge in [0.1, 0.15) is 5.82 Å². The normalized spacial score (nSPS) is 10.6. The summed E-state index contributed by atoms with van der Waals surface area (Å²) in [6.45, 7) is 3.57. The first-order valence-corrected chi connectivity index (χ1v) is 6.53. The Labute approximate surface area is 109 Å². The van der Waals surface area contributed by atoms with Crippen molar-refractivity contribution in [2.24, 2.45) is 0 Å². The standard InChI is InChI=1S/C13H14N2O2S/c1-8-5-3-4-6-10(8)18-7-11-14-12(16)9(2)13(17)15-11/h3-6H,7H2,1-2H3,(H2,14,15,16,17). The Morgan fingerprint density at radius 2 is 2.06 bits per heavy atom. The van der Waals surface area contributed by atoms with Crippen molar-refractivity contribution in [2.75, 3.05) is 0 Å². The molecule has 1 heterocycles. The molecule has 0 atom stereocenters. The van der Waals surface area contributed by atoms with Gasteiger partial charge in [-0.05, 0) is 25.5 Å². The van der Waals surface area contributed by atoms with Gasteiger partial charge in [-0.25, -0.2) is 0 Å². The predicted octanol–water partition coefficient (Wildman–Crippen LogP) is 2.38. The number of rotatable bonds is 3. The number of aryl methyl sites for hydroxylation is 1. The Balaban J connectivity index is 2.17. The van der Waals surface area contributed by atoms with E-state index in [4.69, 9.17) is 0 Å². The summed E-state index contributed by atoms with van der Waals surface area (Å²) in [5, 5.41) is 9.49. The summed E-state index contributed by atoms with van der Waals surface area (Å²) in [4.78, 5) is 19.2. The molecule has 2 rings (SSSR count). The zero-order valence-electron chi connectivity index (χ0n) is 10.2. The molecule has 0 saturated carbocycles. The van der Waals surface area contributed by atoms with E-state index in [0.717, 1.165) is 4.90 Å².